The summed E-state index contributed by atoms with van der Waals surface area (Å²) < 4.78 is 0. The van der Waals surface area contributed by atoms with Gasteiger partial charge in [-0.3, -0.25) is 14.6 Å². The van der Waals surface area contributed by atoms with Crippen LogP contribution < -0.4 is 0 Å². The molecule has 0 aliphatic carbocycles. The van der Waals surface area contributed by atoms with Gasteiger partial charge in [-0.05, 0) is 40.2 Å². The van der Waals surface area contributed by atoms with Gasteiger partial charge in [0.2, 0.25) is 0 Å². The van der Waals surface area contributed by atoms with Crippen molar-refractivity contribution in [3.8, 4) is 0 Å². The Hall–Kier alpha value is -0.610. The van der Waals surface area contributed by atoms with Crippen molar-refractivity contribution in [2.75, 3.05) is 19.6 Å². The summed E-state index contributed by atoms with van der Waals surface area (Å²) in [6.07, 6.45) is 2.00. The van der Waals surface area contributed by atoms with Crippen LogP contribution in [0.15, 0.2) is 0 Å². The molecule has 0 radical (unpaired) electrons. The van der Waals surface area contributed by atoms with Crippen molar-refractivity contribution in [2.45, 2.75) is 51.7 Å². The van der Waals surface area contributed by atoms with Gasteiger partial charge in [-0.2, -0.15) is 0 Å². The minimum atomic E-state index is -0.626. The Labute approximate surface area is 104 Å². The molecule has 0 saturated carbocycles. The molecule has 3 atom stereocenters. The molecule has 0 spiro atoms. The lowest BCUT2D eigenvalue weighted by Gasteiger charge is -2.30. The maximum absolute atomic E-state index is 11.1. The maximum atomic E-state index is 11.1. The molecule has 98 valence electrons. The summed E-state index contributed by atoms with van der Waals surface area (Å²) >= 11 is 0. The molecule has 4 heteroatoms. The molecule has 2 fully saturated rings. The van der Waals surface area contributed by atoms with Gasteiger partial charge in [-0.25, -0.2) is 0 Å². The Morgan fingerprint density at radius 1 is 1.29 bits per heavy atom. The number of carbonyl (C=O) groups is 1. The van der Waals surface area contributed by atoms with E-state index in [1.165, 1.54) is 6.42 Å². The van der Waals surface area contributed by atoms with Crippen LogP contribution in [0.2, 0.25) is 0 Å². The van der Waals surface area contributed by atoms with Gasteiger partial charge in [0.1, 0.15) is 0 Å². The molecule has 2 aliphatic rings. The van der Waals surface area contributed by atoms with Crippen LogP contribution in [0.4, 0.5) is 0 Å². The lowest BCUT2D eigenvalue weighted by atomic mass is 10.0. The van der Waals surface area contributed by atoms with Crippen molar-refractivity contribution in [3.05, 3.63) is 0 Å². The number of nitrogens with zero attached hydrogens (tertiary/aromatic N) is 2. The fourth-order valence-electron chi connectivity index (χ4n) is 3.32. The lowest BCUT2D eigenvalue weighted by Crippen LogP contribution is -2.42. The van der Waals surface area contributed by atoms with Gasteiger partial charge >= 0.3 is 5.97 Å². The van der Waals surface area contributed by atoms with Crippen molar-refractivity contribution in [3.63, 3.8) is 0 Å². The summed E-state index contributed by atoms with van der Waals surface area (Å²) in [7, 11) is 0. The first-order chi connectivity index (χ1) is 8.00. The Balaban J connectivity index is 1.94. The number of carboxylic acid groups (broad SMARTS) is 1. The summed E-state index contributed by atoms with van der Waals surface area (Å²) in [5.74, 6) is -0.790. The van der Waals surface area contributed by atoms with Crippen molar-refractivity contribution in [1.29, 1.82) is 0 Å². The van der Waals surface area contributed by atoms with Gasteiger partial charge < -0.3 is 5.11 Å². The van der Waals surface area contributed by atoms with Gasteiger partial charge in [0.15, 0.2) is 0 Å². The average molecular weight is 240 g/mol. The molecule has 17 heavy (non-hydrogen) atoms. The van der Waals surface area contributed by atoms with Gasteiger partial charge in [0, 0.05) is 31.2 Å². The predicted molar refractivity (Wildman–Crippen MR) is 67.0 cm³/mol. The summed E-state index contributed by atoms with van der Waals surface area (Å²) in [4.78, 5) is 16.0. The van der Waals surface area contributed by atoms with Crippen molar-refractivity contribution >= 4 is 5.97 Å². The predicted octanol–water partition coefficient (Wildman–Crippen LogP) is 1.26. The molecule has 2 heterocycles. The highest BCUT2D eigenvalue weighted by atomic mass is 16.4. The van der Waals surface area contributed by atoms with E-state index in [2.05, 4.69) is 30.6 Å². The zero-order valence-electron chi connectivity index (χ0n) is 11.1. The van der Waals surface area contributed by atoms with Crippen LogP contribution in [0, 0.1) is 5.92 Å². The Kier molecular flexibility index (Phi) is 3.73. The highest BCUT2D eigenvalue weighted by Crippen LogP contribution is 2.30. The van der Waals surface area contributed by atoms with Crippen LogP contribution in [0.3, 0.4) is 0 Å². The smallest absolute Gasteiger partial charge is 0.308 e. The topological polar surface area (TPSA) is 43.8 Å². The van der Waals surface area contributed by atoms with Crippen molar-refractivity contribution in [1.82, 2.24) is 9.80 Å². The van der Waals surface area contributed by atoms with E-state index in [1.807, 2.05) is 0 Å². The van der Waals surface area contributed by atoms with E-state index in [9.17, 15) is 4.79 Å². The third-order valence-electron chi connectivity index (χ3n) is 4.52. The molecule has 0 bridgehead atoms. The zero-order chi connectivity index (χ0) is 12.6. The van der Waals surface area contributed by atoms with E-state index >= 15 is 0 Å². The van der Waals surface area contributed by atoms with Crippen LogP contribution in [-0.4, -0.2) is 58.6 Å². The molecular weight excluding hydrogens is 216 g/mol. The molecule has 1 N–H and O–H groups in total. The fourth-order valence-corrected chi connectivity index (χ4v) is 3.32. The minimum absolute atomic E-state index is 0.164. The van der Waals surface area contributed by atoms with E-state index in [1.54, 1.807) is 0 Å². The standard InChI is InChI=1S/C13H24N2O2/c1-9(2)14-6-4-11(8-14)15-7-5-12(10(15)3)13(16)17/h9-12H,4-8H2,1-3H3,(H,16,17). The van der Waals surface area contributed by atoms with Crippen LogP contribution in [0.5, 0.6) is 0 Å². The average Bonchev–Trinajstić information content (AvgIpc) is 2.82. The Morgan fingerprint density at radius 2 is 2.00 bits per heavy atom. The van der Waals surface area contributed by atoms with Crippen LogP contribution in [0.25, 0.3) is 0 Å². The zero-order valence-corrected chi connectivity index (χ0v) is 11.1. The first kappa shape index (κ1) is 12.8. The summed E-state index contributed by atoms with van der Waals surface area (Å²) in [5.41, 5.74) is 0. The normalized spacial score (nSPS) is 35.9. The van der Waals surface area contributed by atoms with E-state index in [0.717, 1.165) is 26.1 Å². The fraction of sp³-hybridized carbons (Fsp3) is 0.923. The molecule has 2 rings (SSSR count). The highest BCUT2D eigenvalue weighted by Gasteiger charge is 2.40. The SMILES string of the molecule is CC(C)N1CCC(N2CCC(C(=O)O)C2C)C1. The molecule has 0 aromatic carbocycles. The second kappa shape index (κ2) is 4.94. The molecular formula is C13H24N2O2. The molecule has 0 amide bonds. The summed E-state index contributed by atoms with van der Waals surface area (Å²) in [6.45, 7) is 9.75. The lowest BCUT2D eigenvalue weighted by molar-refractivity contribution is -0.142. The summed E-state index contributed by atoms with van der Waals surface area (Å²) in [5, 5.41) is 9.15. The van der Waals surface area contributed by atoms with Crippen molar-refractivity contribution < 1.29 is 9.90 Å². The van der Waals surface area contributed by atoms with E-state index in [0.29, 0.717) is 12.1 Å². The first-order valence-corrected chi connectivity index (χ1v) is 6.73. The molecule has 0 aromatic heterocycles. The number of likely N-dealkylation sites (tertiary alicyclic amines) is 2. The highest BCUT2D eigenvalue weighted by molar-refractivity contribution is 5.71. The number of carboxylic acids is 1. The third-order valence-corrected chi connectivity index (χ3v) is 4.52. The number of hydrogen-bond donors (Lipinski definition) is 1. The van der Waals surface area contributed by atoms with Gasteiger partial charge in [0.25, 0.3) is 0 Å². The Bertz CT molecular complexity index is 293. The number of rotatable bonds is 3. The molecule has 2 saturated heterocycles. The minimum Gasteiger partial charge on any atom is -0.481 e. The van der Waals surface area contributed by atoms with E-state index < -0.39 is 5.97 Å². The van der Waals surface area contributed by atoms with Crippen LogP contribution >= 0.6 is 0 Å². The number of aliphatic carboxylic acids is 1. The monoisotopic (exact) mass is 240 g/mol. The second-order valence-corrected chi connectivity index (χ2v) is 5.74. The first-order valence-electron chi connectivity index (χ1n) is 6.73. The van der Waals surface area contributed by atoms with E-state index in [-0.39, 0.29) is 12.0 Å². The maximum Gasteiger partial charge on any atom is 0.308 e. The Morgan fingerprint density at radius 3 is 2.47 bits per heavy atom. The molecule has 4 nitrogen and oxygen atoms in total. The molecule has 0 aromatic rings. The van der Waals surface area contributed by atoms with Crippen LogP contribution in [0.1, 0.15) is 33.6 Å². The van der Waals surface area contributed by atoms with Crippen LogP contribution in [-0.2, 0) is 4.79 Å². The van der Waals surface area contributed by atoms with Crippen molar-refractivity contribution in [2.24, 2.45) is 5.92 Å². The van der Waals surface area contributed by atoms with E-state index in [4.69, 9.17) is 5.11 Å². The van der Waals surface area contributed by atoms with Gasteiger partial charge in [-0.1, -0.05) is 0 Å². The summed E-state index contributed by atoms with van der Waals surface area (Å²) in [6, 6.07) is 1.37. The number of hydrogen-bond acceptors (Lipinski definition) is 3. The van der Waals surface area contributed by atoms with Gasteiger partial charge in [0.05, 0.1) is 5.92 Å². The molecule has 3 unspecified atom stereocenters. The second-order valence-electron chi connectivity index (χ2n) is 5.74. The largest absolute Gasteiger partial charge is 0.481 e. The third kappa shape index (κ3) is 2.47. The molecule has 2 aliphatic heterocycles. The van der Waals surface area contributed by atoms with Gasteiger partial charge in [-0.15, -0.1) is 0 Å². The quantitative estimate of drug-likeness (QED) is 0.806.